The van der Waals surface area contributed by atoms with Crippen LogP contribution in [0.2, 0.25) is 0 Å². The quantitative estimate of drug-likeness (QED) is 0.337. The van der Waals surface area contributed by atoms with Crippen molar-refractivity contribution in [3.8, 4) is 11.1 Å². The zero-order valence-corrected chi connectivity index (χ0v) is 19.6. The third-order valence-electron chi connectivity index (χ3n) is 6.58. The van der Waals surface area contributed by atoms with Crippen molar-refractivity contribution in [3.05, 3.63) is 102 Å². The Morgan fingerprint density at radius 1 is 0.794 bits per heavy atom. The number of ether oxygens (including phenoxy) is 1. The van der Waals surface area contributed by atoms with Crippen molar-refractivity contribution in [2.75, 3.05) is 37.7 Å². The molecule has 1 aliphatic heterocycles. The van der Waals surface area contributed by atoms with Gasteiger partial charge in [0.25, 0.3) is 0 Å². The monoisotopic (exact) mass is 450 g/mol. The summed E-state index contributed by atoms with van der Waals surface area (Å²) < 4.78 is 5.08. The number of rotatable bonds is 6. The molecular formula is C30H30N2O2. The average Bonchev–Trinajstić information content (AvgIpc) is 2.90. The molecule has 4 aromatic carbocycles. The summed E-state index contributed by atoms with van der Waals surface area (Å²) in [6.07, 6.45) is 0. The van der Waals surface area contributed by atoms with E-state index < -0.39 is 0 Å². The van der Waals surface area contributed by atoms with Crippen LogP contribution in [-0.4, -0.2) is 43.7 Å². The Morgan fingerprint density at radius 3 is 2.24 bits per heavy atom. The fraction of sp³-hybridized carbons (Fsp3) is 0.233. The van der Waals surface area contributed by atoms with E-state index in [0.717, 1.165) is 38.4 Å². The van der Waals surface area contributed by atoms with Crippen molar-refractivity contribution in [1.82, 2.24) is 4.90 Å². The molecule has 4 aromatic rings. The maximum Gasteiger partial charge on any atom is 0.338 e. The van der Waals surface area contributed by atoms with Crippen LogP contribution in [0.25, 0.3) is 21.9 Å². The maximum atomic E-state index is 11.9. The van der Waals surface area contributed by atoms with Crippen molar-refractivity contribution < 1.29 is 9.53 Å². The summed E-state index contributed by atoms with van der Waals surface area (Å²) >= 11 is 0. The van der Waals surface area contributed by atoms with E-state index in [0.29, 0.717) is 12.2 Å². The van der Waals surface area contributed by atoms with Crippen molar-refractivity contribution in [3.63, 3.8) is 0 Å². The lowest BCUT2D eigenvalue weighted by atomic mass is 9.97. The first-order valence-corrected chi connectivity index (χ1v) is 12.0. The Balaban J connectivity index is 1.19. The summed E-state index contributed by atoms with van der Waals surface area (Å²) in [5, 5.41) is 2.57. The summed E-state index contributed by atoms with van der Waals surface area (Å²) in [7, 11) is 0. The van der Waals surface area contributed by atoms with Crippen molar-refractivity contribution in [2.24, 2.45) is 0 Å². The highest BCUT2D eigenvalue weighted by atomic mass is 16.5. The molecule has 34 heavy (non-hydrogen) atoms. The third-order valence-corrected chi connectivity index (χ3v) is 6.58. The van der Waals surface area contributed by atoms with Gasteiger partial charge in [-0.3, -0.25) is 4.90 Å². The largest absolute Gasteiger partial charge is 0.462 e. The highest BCUT2D eigenvalue weighted by molar-refractivity contribution is 5.96. The van der Waals surface area contributed by atoms with Crippen LogP contribution in [0.5, 0.6) is 0 Å². The van der Waals surface area contributed by atoms with E-state index in [1.165, 1.54) is 27.5 Å². The SMILES string of the molecule is CCOC(=O)c1ccc(N2CCN(Cc3ccc(-c4cccc5ccccc45)cc3)CC2)cc1. The lowest BCUT2D eigenvalue weighted by Crippen LogP contribution is -2.45. The molecule has 1 aliphatic rings. The van der Waals surface area contributed by atoms with Crippen molar-refractivity contribution >= 4 is 22.4 Å². The number of benzene rings is 4. The molecule has 4 nitrogen and oxygen atoms in total. The molecule has 1 heterocycles. The molecule has 4 heteroatoms. The molecule has 0 bridgehead atoms. The van der Waals surface area contributed by atoms with E-state index in [-0.39, 0.29) is 5.97 Å². The van der Waals surface area contributed by atoms with E-state index in [1.54, 1.807) is 0 Å². The highest BCUT2D eigenvalue weighted by Gasteiger charge is 2.18. The van der Waals surface area contributed by atoms with Gasteiger partial charge in [0.2, 0.25) is 0 Å². The van der Waals surface area contributed by atoms with Crippen LogP contribution in [0.1, 0.15) is 22.8 Å². The van der Waals surface area contributed by atoms with Crippen LogP contribution in [-0.2, 0) is 11.3 Å². The Morgan fingerprint density at radius 2 is 1.50 bits per heavy atom. The zero-order valence-electron chi connectivity index (χ0n) is 19.6. The van der Waals surface area contributed by atoms with E-state index in [9.17, 15) is 4.79 Å². The van der Waals surface area contributed by atoms with Crippen molar-refractivity contribution in [1.29, 1.82) is 0 Å². The smallest absolute Gasteiger partial charge is 0.338 e. The molecule has 0 N–H and O–H groups in total. The van der Waals surface area contributed by atoms with Gasteiger partial charge in [-0.1, -0.05) is 66.7 Å². The fourth-order valence-electron chi connectivity index (χ4n) is 4.71. The molecule has 1 fully saturated rings. The van der Waals surface area contributed by atoms with Crippen LogP contribution < -0.4 is 4.90 Å². The number of hydrogen-bond donors (Lipinski definition) is 0. The molecule has 0 atom stereocenters. The minimum absolute atomic E-state index is 0.259. The summed E-state index contributed by atoms with van der Waals surface area (Å²) in [5.74, 6) is -0.259. The summed E-state index contributed by atoms with van der Waals surface area (Å²) in [6, 6.07) is 31.8. The van der Waals surface area contributed by atoms with E-state index in [1.807, 2.05) is 31.2 Å². The highest BCUT2D eigenvalue weighted by Crippen LogP contribution is 2.29. The molecule has 172 valence electrons. The molecule has 0 radical (unpaired) electrons. The van der Waals surface area contributed by atoms with E-state index >= 15 is 0 Å². The normalized spacial score (nSPS) is 14.3. The number of nitrogens with zero attached hydrogens (tertiary/aromatic N) is 2. The van der Waals surface area contributed by atoms with Gasteiger partial charge in [-0.05, 0) is 58.7 Å². The summed E-state index contributed by atoms with van der Waals surface area (Å²) in [5.41, 5.74) is 5.66. The Hall–Kier alpha value is -3.63. The van der Waals surface area contributed by atoms with E-state index in [4.69, 9.17) is 4.74 Å². The van der Waals surface area contributed by atoms with E-state index in [2.05, 4.69) is 76.5 Å². The molecule has 1 saturated heterocycles. The van der Waals surface area contributed by atoms with Gasteiger partial charge in [-0.15, -0.1) is 0 Å². The molecule has 0 spiro atoms. The Bertz CT molecular complexity index is 1250. The maximum absolute atomic E-state index is 11.9. The second kappa shape index (κ2) is 10.1. The van der Waals surface area contributed by atoms with Gasteiger partial charge in [-0.2, -0.15) is 0 Å². The van der Waals surface area contributed by atoms with Crippen molar-refractivity contribution in [2.45, 2.75) is 13.5 Å². The first-order chi connectivity index (χ1) is 16.7. The Labute approximate surface area is 201 Å². The van der Waals surface area contributed by atoms with Gasteiger partial charge in [0.1, 0.15) is 0 Å². The molecule has 0 aliphatic carbocycles. The van der Waals surface area contributed by atoms with Crippen LogP contribution in [0, 0.1) is 0 Å². The number of fused-ring (bicyclic) bond motifs is 1. The lowest BCUT2D eigenvalue weighted by molar-refractivity contribution is 0.0526. The van der Waals surface area contributed by atoms with Gasteiger partial charge in [-0.25, -0.2) is 4.79 Å². The first-order valence-electron chi connectivity index (χ1n) is 12.0. The standard InChI is InChI=1S/C30H30N2O2/c1-2-34-30(33)26-14-16-27(17-15-26)32-20-18-31(19-21-32)22-23-10-12-25(13-11-23)29-9-5-7-24-6-3-4-8-28(24)29/h3-17H,2,18-22H2,1H3. The van der Waals surface area contributed by atoms with Gasteiger partial charge in [0.05, 0.1) is 12.2 Å². The molecule has 0 amide bonds. The van der Waals surface area contributed by atoms with Crippen LogP contribution in [0.15, 0.2) is 91.0 Å². The molecule has 5 rings (SSSR count). The minimum atomic E-state index is -0.259. The number of piperazine rings is 1. The predicted octanol–water partition coefficient (Wildman–Crippen LogP) is 6.01. The summed E-state index contributed by atoms with van der Waals surface area (Å²) in [4.78, 5) is 16.8. The number of carbonyl (C=O) groups is 1. The Kier molecular flexibility index (Phi) is 6.59. The molecule has 0 saturated carbocycles. The zero-order chi connectivity index (χ0) is 23.3. The second-order valence-corrected chi connectivity index (χ2v) is 8.75. The van der Waals surface area contributed by atoms with Gasteiger partial charge < -0.3 is 9.64 Å². The van der Waals surface area contributed by atoms with Crippen LogP contribution >= 0.6 is 0 Å². The molecular weight excluding hydrogens is 420 g/mol. The molecule has 0 aromatic heterocycles. The first kappa shape index (κ1) is 22.2. The minimum Gasteiger partial charge on any atom is -0.462 e. The predicted molar refractivity (Wildman–Crippen MR) is 139 cm³/mol. The average molecular weight is 451 g/mol. The fourth-order valence-corrected chi connectivity index (χ4v) is 4.71. The second-order valence-electron chi connectivity index (χ2n) is 8.75. The topological polar surface area (TPSA) is 32.8 Å². The number of esters is 1. The summed E-state index contributed by atoms with van der Waals surface area (Å²) in [6.45, 7) is 7.18. The van der Waals surface area contributed by atoms with Gasteiger partial charge in [0, 0.05) is 38.4 Å². The number of anilines is 1. The number of hydrogen-bond acceptors (Lipinski definition) is 4. The lowest BCUT2D eigenvalue weighted by Gasteiger charge is -2.36. The van der Waals surface area contributed by atoms with Crippen LogP contribution in [0.4, 0.5) is 5.69 Å². The van der Waals surface area contributed by atoms with Crippen LogP contribution in [0.3, 0.4) is 0 Å². The van der Waals surface area contributed by atoms with Gasteiger partial charge >= 0.3 is 5.97 Å². The third kappa shape index (κ3) is 4.82. The van der Waals surface area contributed by atoms with Gasteiger partial charge in [0.15, 0.2) is 0 Å². The number of carbonyl (C=O) groups excluding carboxylic acids is 1. The molecule has 0 unspecified atom stereocenters.